The number of fused-ring (bicyclic) bond motifs is 1. The van der Waals surface area contributed by atoms with Gasteiger partial charge in [0.15, 0.2) is 12.4 Å². The molecule has 0 saturated carbocycles. The molecule has 0 bridgehead atoms. The summed E-state index contributed by atoms with van der Waals surface area (Å²) in [7, 11) is 0. The third-order valence-electron chi connectivity index (χ3n) is 4.34. The summed E-state index contributed by atoms with van der Waals surface area (Å²) in [5.41, 5.74) is 1.86. The number of hydrogen-bond donors (Lipinski definition) is 0. The summed E-state index contributed by atoms with van der Waals surface area (Å²) >= 11 is 0. The van der Waals surface area contributed by atoms with Crippen LogP contribution in [0.5, 0.6) is 0 Å². The number of nitrogens with zero attached hydrogens (tertiary/aromatic N) is 4. The molecule has 0 N–H and O–H groups in total. The fraction of sp³-hybridized carbons (Fsp3) is 0.316. The Morgan fingerprint density at radius 2 is 1.79 bits per heavy atom. The smallest absolute Gasteiger partial charge is 0.453 e. The standard InChI is InChI=1S/C19H17F3N4O3/c1-11-14(12(2)26-18(23-11)24-17(25-26)19(20,21)22)8-9-16(28)29-10-15(27)13-6-4-3-5-7-13/h3-7H,8-10H2,1-2H3. The summed E-state index contributed by atoms with van der Waals surface area (Å²) in [5.74, 6) is -2.35. The molecule has 0 fully saturated rings. The highest BCUT2D eigenvalue weighted by molar-refractivity contribution is 5.97. The first-order valence-electron chi connectivity index (χ1n) is 8.70. The average Bonchev–Trinajstić information content (AvgIpc) is 3.11. The van der Waals surface area contributed by atoms with Gasteiger partial charge < -0.3 is 4.74 Å². The Labute approximate surface area is 163 Å². The first-order chi connectivity index (χ1) is 13.7. The summed E-state index contributed by atoms with van der Waals surface area (Å²) in [6.45, 7) is 2.82. The van der Waals surface area contributed by atoms with Crippen molar-refractivity contribution in [2.75, 3.05) is 6.61 Å². The van der Waals surface area contributed by atoms with E-state index in [-0.39, 0.29) is 31.0 Å². The number of aromatic nitrogens is 4. The highest BCUT2D eigenvalue weighted by atomic mass is 19.4. The van der Waals surface area contributed by atoms with Gasteiger partial charge in [0, 0.05) is 23.4 Å². The van der Waals surface area contributed by atoms with Crippen LogP contribution in [0.4, 0.5) is 13.2 Å². The number of ketones is 1. The largest absolute Gasteiger partial charge is 0.457 e. The van der Waals surface area contributed by atoms with Crippen molar-refractivity contribution in [3.8, 4) is 0 Å². The topological polar surface area (TPSA) is 86.4 Å². The number of halogens is 3. The van der Waals surface area contributed by atoms with Gasteiger partial charge in [0.25, 0.3) is 11.6 Å². The SMILES string of the molecule is Cc1nc2nc(C(F)(F)F)nn2c(C)c1CCC(=O)OCC(=O)c1ccccc1. The predicted molar refractivity (Wildman–Crippen MR) is 95.3 cm³/mol. The molecule has 29 heavy (non-hydrogen) atoms. The number of alkyl halides is 3. The summed E-state index contributed by atoms with van der Waals surface area (Å²) in [6, 6.07) is 8.43. The number of esters is 1. The molecule has 0 spiro atoms. The van der Waals surface area contributed by atoms with Gasteiger partial charge in [-0.1, -0.05) is 30.3 Å². The maximum atomic E-state index is 12.8. The van der Waals surface area contributed by atoms with Gasteiger partial charge in [-0.15, -0.1) is 5.10 Å². The zero-order valence-corrected chi connectivity index (χ0v) is 15.7. The van der Waals surface area contributed by atoms with Crippen LogP contribution in [0.3, 0.4) is 0 Å². The molecule has 0 amide bonds. The van der Waals surface area contributed by atoms with Crippen molar-refractivity contribution in [1.29, 1.82) is 0 Å². The second-order valence-electron chi connectivity index (χ2n) is 6.36. The van der Waals surface area contributed by atoms with Crippen LogP contribution in [-0.2, 0) is 22.1 Å². The first-order valence-corrected chi connectivity index (χ1v) is 8.70. The Morgan fingerprint density at radius 3 is 2.45 bits per heavy atom. The molecule has 0 unspecified atom stereocenters. The van der Waals surface area contributed by atoms with Gasteiger partial charge >= 0.3 is 12.1 Å². The number of rotatable bonds is 6. The Morgan fingerprint density at radius 1 is 1.10 bits per heavy atom. The van der Waals surface area contributed by atoms with Crippen LogP contribution in [0.15, 0.2) is 30.3 Å². The first kappa shape index (κ1) is 20.4. The van der Waals surface area contributed by atoms with E-state index < -0.39 is 18.0 Å². The van der Waals surface area contributed by atoms with E-state index in [2.05, 4.69) is 15.1 Å². The average molecular weight is 406 g/mol. The molecular formula is C19H17F3N4O3. The van der Waals surface area contributed by atoms with Gasteiger partial charge in [0.05, 0.1) is 0 Å². The predicted octanol–water partition coefficient (Wildman–Crippen LogP) is 3.12. The highest BCUT2D eigenvalue weighted by Crippen LogP contribution is 2.27. The molecule has 0 atom stereocenters. The number of hydrogen-bond acceptors (Lipinski definition) is 6. The lowest BCUT2D eigenvalue weighted by Crippen LogP contribution is -2.15. The Kier molecular flexibility index (Phi) is 5.62. The maximum absolute atomic E-state index is 12.8. The fourth-order valence-electron chi connectivity index (χ4n) is 2.84. The monoisotopic (exact) mass is 406 g/mol. The van der Waals surface area contributed by atoms with Crippen molar-refractivity contribution in [3.05, 3.63) is 58.7 Å². The van der Waals surface area contributed by atoms with Crippen molar-refractivity contribution in [1.82, 2.24) is 19.6 Å². The Balaban J connectivity index is 1.67. The molecular weight excluding hydrogens is 389 g/mol. The van der Waals surface area contributed by atoms with Gasteiger partial charge in [-0.25, -0.2) is 9.50 Å². The van der Waals surface area contributed by atoms with E-state index in [4.69, 9.17) is 4.74 Å². The van der Waals surface area contributed by atoms with Crippen molar-refractivity contribution >= 4 is 17.5 Å². The van der Waals surface area contributed by atoms with Crippen LogP contribution < -0.4 is 0 Å². The second-order valence-corrected chi connectivity index (χ2v) is 6.36. The fourth-order valence-corrected chi connectivity index (χ4v) is 2.84. The number of Topliss-reactive ketones (excluding diaryl/α,β-unsaturated/α-hetero) is 1. The molecule has 0 aliphatic carbocycles. The molecule has 1 aromatic carbocycles. The second kappa shape index (κ2) is 7.98. The van der Waals surface area contributed by atoms with E-state index in [1.807, 2.05) is 0 Å². The van der Waals surface area contributed by atoms with E-state index >= 15 is 0 Å². The van der Waals surface area contributed by atoms with Gasteiger partial charge in [-0.3, -0.25) is 9.59 Å². The number of carbonyl (C=O) groups is 2. The zero-order chi connectivity index (χ0) is 21.2. The molecule has 3 aromatic rings. The van der Waals surface area contributed by atoms with Gasteiger partial charge in [0.1, 0.15) is 0 Å². The minimum atomic E-state index is -4.68. The molecule has 10 heteroatoms. The molecule has 3 rings (SSSR count). The molecule has 0 aliphatic rings. The summed E-state index contributed by atoms with van der Waals surface area (Å²) in [6.07, 6.45) is -4.55. The maximum Gasteiger partial charge on any atom is 0.453 e. The van der Waals surface area contributed by atoms with E-state index in [0.29, 0.717) is 22.5 Å². The molecule has 2 heterocycles. The molecule has 7 nitrogen and oxygen atoms in total. The summed E-state index contributed by atoms with van der Waals surface area (Å²) < 4.78 is 44.5. The number of carbonyl (C=O) groups excluding carboxylic acids is 2. The third kappa shape index (κ3) is 4.58. The highest BCUT2D eigenvalue weighted by Gasteiger charge is 2.37. The van der Waals surface area contributed by atoms with Gasteiger partial charge in [0.2, 0.25) is 0 Å². The van der Waals surface area contributed by atoms with Crippen LogP contribution in [0.25, 0.3) is 5.78 Å². The third-order valence-corrected chi connectivity index (χ3v) is 4.34. The lowest BCUT2D eigenvalue weighted by atomic mass is 10.1. The van der Waals surface area contributed by atoms with Crippen LogP contribution in [-0.4, -0.2) is 37.9 Å². The quantitative estimate of drug-likeness (QED) is 0.462. The van der Waals surface area contributed by atoms with Crippen molar-refractivity contribution in [2.45, 2.75) is 32.9 Å². The van der Waals surface area contributed by atoms with Crippen LogP contribution in [0, 0.1) is 13.8 Å². The van der Waals surface area contributed by atoms with Crippen LogP contribution in [0.1, 0.15) is 39.6 Å². The summed E-state index contributed by atoms with van der Waals surface area (Å²) in [4.78, 5) is 31.4. The van der Waals surface area contributed by atoms with E-state index in [0.717, 1.165) is 4.52 Å². The molecule has 0 saturated heterocycles. The van der Waals surface area contributed by atoms with Crippen LogP contribution in [0.2, 0.25) is 0 Å². The molecule has 0 radical (unpaired) electrons. The summed E-state index contributed by atoms with van der Waals surface area (Å²) in [5, 5.41) is 3.46. The number of aryl methyl sites for hydroxylation is 2. The van der Waals surface area contributed by atoms with Crippen LogP contribution >= 0.6 is 0 Å². The van der Waals surface area contributed by atoms with Crippen molar-refractivity contribution < 1.29 is 27.5 Å². The van der Waals surface area contributed by atoms with Gasteiger partial charge in [-0.2, -0.15) is 18.2 Å². The lowest BCUT2D eigenvalue weighted by Gasteiger charge is -2.10. The van der Waals surface area contributed by atoms with E-state index in [9.17, 15) is 22.8 Å². The minimum Gasteiger partial charge on any atom is -0.457 e. The zero-order valence-electron chi connectivity index (χ0n) is 15.7. The molecule has 0 aliphatic heterocycles. The van der Waals surface area contributed by atoms with E-state index in [1.54, 1.807) is 44.2 Å². The van der Waals surface area contributed by atoms with Crippen molar-refractivity contribution in [3.63, 3.8) is 0 Å². The number of ether oxygens (including phenoxy) is 1. The molecule has 152 valence electrons. The van der Waals surface area contributed by atoms with E-state index in [1.165, 1.54) is 0 Å². The number of benzene rings is 1. The molecule has 2 aromatic heterocycles. The van der Waals surface area contributed by atoms with Gasteiger partial charge in [-0.05, 0) is 25.8 Å². The minimum absolute atomic E-state index is 0.0578. The Hall–Kier alpha value is -3.30. The Bertz CT molecular complexity index is 1060. The lowest BCUT2D eigenvalue weighted by molar-refractivity contribution is -0.145. The van der Waals surface area contributed by atoms with Crippen molar-refractivity contribution in [2.24, 2.45) is 0 Å². The normalized spacial score (nSPS) is 11.6.